The van der Waals surface area contributed by atoms with Gasteiger partial charge in [0.2, 0.25) is 0 Å². The smallest absolute Gasteiger partial charge is 0.274 e. The average molecular weight is 180 g/mol. The van der Waals surface area contributed by atoms with Gasteiger partial charge in [0.15, 0.2) is 0 Å². The lowest BCUT2D eigenvalue weighted by Crippen LogP contribution is -2.47. The number of urea groups is 1. The predicted octanol–water partition coefficient (Wildman–Crippen LogP) is 0.258. The van der Waals surface area contributed by atoms with E-state index in [4.69, 9.17) is 11.7 Å². The first-order chi connectivity index (χ1) is 6.16. The number of benzene rings is 1. The van der Waals surface area contributed by atoms with Crippen LogP contribution >= 0.6 is 0 Å². The largest absolute Gasteiger partial charge is 0.350 e. The second-order valence-electron chi connectivity index (χ2n) is 2.61. The highest BCUT2D eigenvalue weighted by Crippen LogP contribution is 2.15. The zero-order valence-electron chi connectivity index (χ0n) is 7.32. The summed E-state index contributed by atoms with van der Waals surface area (Å²) in [7, 11) is 0. The van der Waals surface area contributed by atoms with Crippen LogP contribution in [0, 0.1) is 6.92 Å². The quantitative estimate of drug-likeness (QED) is 0.329. The summed E-state index contributed by atoms with van der Waals surface area (Å²) in [5, 5.41) is 0.968. The first-order valence-corrected chi connectivity index (χ1v) is 3.78. The van der Waals surface area contributed by atoms with E-state index >= 15 is 0 Å². The van der Waals surface area contributed by atoms with Gasteiger partial charge in [0.05, 0.1) is 5.69 Å². The minimum atomic E-state index is -0.547. The lowest BCUT2D eigenvalue weighted by Gasteiger charge is -2.17. The molecule has 0 saturated heterocycles. The molecule has 0 aliphatic rings. The molecule has 2 amide bonds. The molecule has 5 N–H and O–H groups in total. The van der Waals surface area contributed by atoms with Crippen molar-refractivity contribution < 1.29 is 4.79 Å². The third kappa shape index (κ3) is 1.95. The number of carbonyl (C=O) groups excluding carboxylic acids is 1. The Labute approximate surface area is 76.3 Å². The second kappa shape index (κ2) is 3.88. The van der Waals surface area contributed by atoms with Gasteiger partial charge in [0.1, 0.15) is 0 Å². The van der Waals surface area contributed by atoms with Crippen LogP contribution in [0.3, 0.4) is 0 Å². The van der Waals surface area contributed by atoms with Gasteiger partial charge in [0, 0.05) is 0 Å². The van der Waals surface area contributed by atoms with Crippen LogP contribution in [0.2, 0.25) is 0 Å². The van der Waals surface area contributed by atoms with Crippen molar-refractivity contribution in [2.24, 2.45) is 11.7 Å². The Morgan fingerprint density at radius 3 is 2.62 bits per heavy atom. The topological polar surface area (TPSA) is 84.4 Å². The zero-order chi connectivity index (χ0) is 9.84. The van der Waals surface area contributed by atoms with E-state index in [2.05, 4.69) is 0 Å². The van der Waals surface area contributed by atoms with Crippen LogP contribution in [-0.2, 0) is 0 Å². The molecule has 1 aromatic carbocycles. The van der Waals surface area contributed by atoms with Gasteiger partial charge >= 0.3 is 6.03 Å². The van der Waals surface area contributed by atoms with Gasteiger partial charge in [-0.15, -0.1) is 0 Å². The molecular formula is C8H12N4O. The van der Waals surface area contributed by atoms with Crippen molar-refractivity contribution in [3.05, 3.63) is 29.8 Å². The SMILES string of the molecule is Cc1ccccc1N(N)C(=O)NN. The number of hydrogen-bond donors (Lipinski definition) is 3. The van der Waals surface area contributed by atoms with E-state index in [9.17, 15) is 4.79 Å². The van der Waals surface area contributed by atoms with Crippen molar-refractivity contribution >= 4 is 11.7 Å². The van der Waals surface area contributed by atoms with Gasteiger partial charge in [-0.3, -0.25) is 5.43 Å². The third-order valence-corrected chi connectivity index (χ3v) is 1.72. The Morgan fingerprint density at radius 1 is 1.46 bits per heavy atom. The highest BCUT2D eigenvalue weighted by Gasteiger charge is 2.10. The van der Waals surface area contributed by atoms with E-state index in [0.29, 0.717) is 5.69 Å². The van der Waals surface area contributed by atoms with Crippen LogP contribution in [-0.4, -0.2) is 6.03 Å². The van der Waals surface area contributed by atoms with Gasteiger partial charge in [0.25, 0.3) is 0 Å². The number of carbonyl (C=O) groups is 1. The van der Waals surface area contributed by atoms with Crippen molar-refractivity contribution in [2.45, 2.75) is 6.92 Å². The number of hydrogen-bond acceptors (Lipinski definition) is 3. The number of aryl methyl sites for hydroxylation is 1. The molecule has 0 unspecified atom stereocenters. The summed E-state index contributed by atoms with van der Waals surface area (Å²) in [6.07, 6.45) is 0. The number of rotatable bonds is 1. The molecule has 70 valence electrons. The maximum atomic E-state index is 11.0. The van der Waals surface area contributed by atoms with Crippen molar-refractivity contribution in [1.82, 2.24) is 5.43 Å². The third-order valence-electron chi connectivity index (χ3n) is 1.72. The molecule has 0 bridgehead atoms. The Morgan fingerprint density at radius 2 is 2.08 bits per heavy atom. The lowest BCUT2D eigenvalue weighted by molar-refractivity contribution is 0.246. The number of para-hydroxylation sites is 1. The number of hydrazine groups is 2. The van der Waals surface area contributed by atoms with Crippen LogP contribution in [0.5, 0.6) is 0 Å². The Kier molecular flexibility index (Phi) is 2.84. The van der Waals surface area contributed by atoms with E-state index in [1.54, 1.807) is 12.1 Å². The summed E-state index contributed by atoms with van der Waals surface area (Å²) in [4.78, 5) is 11.0. The fourth-order valence-electron chi connectivity index (χ4n) is 1.01. The summed E-state index contributed by atoms with van der Waals surface area (Å²) < 4.78 is 0. The van der Waals surface area contributed by atoms with Crippen molar-refractivity contribution in [3.63, 3.8) is 0 Å². The standard InChI is InChI=1S/C8H12N4O/c1-6-4-2-3-5-7(6)12(10)8(13)11-9/h2-5H,9-10H2,1H3,(H,11,13). The van der Waals surface area contributed by atoms with Gasteiger partial charge in [-0.05, 0) is 18.6 Å². The molecule has 0 aromatic heterocycles. The van der Waals surface area contributed by atoms with Crippen molar-refractivity contribution in [2.75, 3.05) is 5.01 Å². The number of nitrogens with two attached hydrogens (primary N) is 2. The van der Waals surface area contributed by atoms with Gasteiger partial charge < -0.3 is 0 Å². The summed E-state index contributed by atoms with van der Waals surface area (Å²) in [5.41, 5.74) is 3.49. The highest BCUT2D eigenvalue weighted by atomic mass is 16.2. The second-order valence-corrected chi connectivity index (χ2v) is 2.61. The molecule has 0 aliphatic carbocycles. The molecule has 1 aromatic rings. The Balaban J connectivity index is 2.95. The molecule has 13 heavy (non-hydrogen) atoms. The monoisotopic (exact) mass is 180 g/mol. The number of nitrogens with zero attached hydrogens (tertiary/aromatic N) is 1. The molecule has 0 saturated carbocycles. The Bertz CT molecular complexity index is 313. The van der Waals surface area contributed by atoms with Crippen LogP contribution < -0.4 is 22.1 Å². The number of anilines is 1. The first-order valence-electron chi connectivity index (χ1n) is 3.78. The molecular weight excluding hydrogens is 168 g/mol. The maximum Gasteiger partial charge on any atom is 0.350 e. The van der Waals surface area contributed by atoms with Gasteiger partial charge in [-0.25, -0.2) is 21.5 Å². The summed E-state index contributed by atoms with van der Waals surface area (Å²) >= 11 is 0. The molecule has 5 nitrogen and oxygen atoms in total. The maximum absolute atomic E-state index is 11.0. The molecule has 0 heterocycles. The van der Waals surface area contributed by atoms with Gasteiger partial charge in [-0.2, -0.15) is 0 Å². The first kappa shape index (κ1) is 9.50. The molecule has 0 spiro atoms. The fourth-order valence-corrected chi connectivity index (χ4v) is 1.01. The lowest BCUT2D eigenvalue weighted by atomic mass is 10.2. The summed E-state index contributed by atoms with van der Waals surface area (Å²) in [6, 6.07) is 6.72. The van der Waals surface area contributed by atoms with Gasteiger partial charge in [-0.1, -0.05) is 18.2 Å². The molecule has 1 rings (SSSR count). The zero-order valence-corrected chi connectivity index (χ0v) is 7.32. The van der Waals surface area contributed by atoms with Crippen LogP contribution in [0.15, 0.2) is 24.3 Å². The van der Waals surface area contributed by atoms with E-state index < -0.39 is 6.03 Å². The predicted molar refractivity (Wildman–Crippen MR) is 50.6 cm³/mol. The van der Waals surface area contributed by atoms with E-state index in [-0.39, 0.29) is 0 Å². The van der Waals surface area contributed by atoms with E-state index in [0.717, 1.165) is 10.6 Å². The fraction of sp³-hybridized carbons (Fsp3) is 0.125. The highest BCUT2D eigenvalue weighted by molar-refractivity contribution is 5.90. The minimum absolute atomic E-state index is 0.547. The average Bonchev–Trinajstić information content (AvgIpc) is 2.16. The summed E-state index contributed by atoms with van der Waals surface area (Å²) in [6.45, 7) is 1.86. The number of nitrogens with one attached hydrogen (secondary N) is 1. The molecule has 5 heteroatoms. The Hall–Kier alpha value is -1.59. The van der Waals surface area contributed by atoms with Crippen LogP contribution in [0.1, 0.15) is 5.56 Å². The molecule has 0 fully saturated rings. The van der Waals surface area contributed by atoms with E-state index in [1.807, 2.05) is 24.5 Å². The number of amides is 2. The molecule has 0 radical (unpaired) electrons. The minimum Gasteiger partial charge on any atom is -0.274 e. The summed E-state index contributed by atoms with van der Waals surface area (Å²) in [5.74, 6) is 10.4. The molecule has 0 atom stereocenters. The molecule has 0 aliphatic heterocycles. The van der Waals surface area contributed by atoms with Crippen LogP contribution in [0.25, 0.3) is 0 Å². The van der Waals surface area contributed by atoms with E-state index in [1.165, 1.54) is 0 Å². The van der Waals surface area contributed by atoms with Crippen LogP contribution in [0.4, 0.5) is 10.5 Å². The normalized spacial score (nSPS) is 9.46. The van der Waals surface area contributed by atoms with Crippen molar-refractivity contribution in [3.8, 4) is 0 Å². The van der Waals surface area contributed by atoms with Crippen molar-refractivity contribution in [1.29, 1.82) is 0 Å².